The van der Waals surface area contributed by atoms with E-state index in [-0.39, 0.29) is 5.91 Å². The van der Waals surface area contributed by atoms with E-state index in [1.54, 1.807) is 28.2 Å². The summed E-state index contributed by atoms with van der Waals surface area (Å²) in [4.78, 5) is 17.9. The second-order valence-electron chi connectivity index (χ2n) is 5.25. The van der Waals surface area contributed by atoms with Gasteiger partial charge in [-0.2, -0.15) is 5.10 Å². The van der Waals surface area contributed by atoms with E-state index in [1.165, 1.54) is 0 Å². The van der Waals surface area contributed by atoms with Gasteiger partial charge in [-0.3, -0.25) is 4.79 Å². The number of benzene rings is 1. The molecule has 3 heterocycles. The van der Waals surface area contributed by atoms with Gasteiger partial charge in [-0.05, 0) is 17.5 Å². The van der Waals surface area contributed by atoms with Crippen molar-refractivity contribution in [2.24, 2.45) is 0 Å². The Morgan fingerprint density at radius 1 is 1.12 bits per heavy atom. The van der Waals surface area contributed by atoms with Gasteiger partial charge in [0.05, 0.1) is 18.4 Å². The lowest BCUT2D eigenvalue weighted by molar-refractivity contribution is 0.0952. The van der Waals surface area contributed by atoms with Crippen molar-refractivity contribution in [1.29, 1.82) is 0 Å². The Bertz CT molecular complexity index is 977. The minimum atomic E-state index is -0.170. The second-order valence-corrected chi connectivity index (χ2v) is 6.28. The summed E-state index contributed by atoms with van der Waals surface area (Å²) in [5, 5.41) is 9.26. The molecule has 5 nitrogen and oxygen atoms in total. The molecule has 4 rings (SSSR count). The van der Waals surface area contributed by atoms with E-state index in [4.69, 9.17) is 0 Å². The first-order valence-electron chi connectivity index (χ1n) is 7.51. The molecule has 0 radical (unpaired) electrons. The largest absolute Gasteiger partial charge is 0.347 e. The Kier molecular flexibility index (Phi) is 3.80. The molecule has 0 saturated carbocycles. The van der Waals surface area contributed by atoms with Gasteiger partial charge in [-0.25, -0.2) is 9.50 Å². The molecule has 0 aliphatic carbocycles. The highest BCUT2D eigenvalue weighted by Crippen LogP contribution is 2.20. The zero-order valence-electron chi connectivity index (χ0n) is 12.7. The standard InChI is InChI=1S/C18H14N4OS/c23-18(20-11-14-7-4-10-24-14)15-12-21-22-16(8-9-19-17(15)22)13-5-2-1-3-6-13/h1-10,12H,11H2,(H,20,23). The van der Waals surface area contributed by atoms with E-state index in [0.717, 1.165) is 16.1 Å². The maximum absolute atomic E-state index is 12.5. The van der Waals surface area contributed by atoms with Gasteiger partial charge >= 0.3 is 0 Å². The fourth-order valence-electron chi connectivity index (χ4n) is 2.55. The molecule has 3 aromatic heterocycles. The zero-order valence-corrected chi connectivity index (χ0v) is 13.5. The second kappa shape index (κ2) is 6.25. The summed E-state index contributed by atoms with van der Waals surface area (Å²) < 4.78 is 1.70. The van der Waals surface area contributed by atoms with Crippen molar-refractivity contribution in [3.63, 3.8) is 0 Å². The highest BCUT2D eigenvalue weighted by molar-refractivity contribution is 7.09. The molecule has 24 heavy (non-hydrogen) atoms. The smallest absolute Gasteiger partial charge is 0.257 e. The summed E-state index contributed by atoms with van der Waals surface area (Å²) >= 11 is 1.61. The molecule has 1 N–H and O–H groups in total. The average Bonchev–Trinajstić information content (AvgIpc) is 3.29. The predicted molar refractivity (Wildman–Crippen MR) is 93.9 cm³/mol. The van der Waals surface area contributed by atoms with Crippen molar-refractivity contribution < 1.29 is 4.79 Å². The van der Waals surface area contributed by atoms with Crippen LogP contribution < -0.4 is 5.32 Å². The van der Waals surface area contributed by atoms with Crippen LogP contribution in [0.25, 0.3) is 16.9 Å². The van der Waals surface area contributed by atoms with E-state index in [9.17, 15) is 4.79 Å². The Labute approximate surface area is 142 Å². The van der Waals surface area contributed by atoms with Gasteiger partial charge < -0.3 is 5.32 Å². The summed E-state index contributed by atoms with van der Waals surface area (Å²) in [5.74, 6) is -0.170. The topological polar surface area (TPSA) is 59.3 Å². The maximum atomic E-state index is 12.5. The van der Waals surface area contributed by atoms with Gasteiger partial charge in [-0.15, -0.1) is 11.3 Å². The first-order chi connectivity index (χ1) is 11.8. The molecule has 6 heteroatoms. The SMILES string of the molecule is O=C(NCc1cccs1)c1cnn2c(-c3ccccc3)ccnc12. The molecular weight excluding hydrogens is 320 g/mol. The molecule has 0 spiro atoms. The molecule has 1 amide bonds. The highest BCUT2D eigenvalue weighted by Gasteiger charge is 2.16. The van der Waals surface area contributed by atoms with Crippen LogP contribution in [0.5, 0.6) is 0 Å². The molecule has 118 valence electrons. The van der Waals surface area contributed by atoms with Crippen LogP contribution in [0.2, 0.25) is 0 Å². The van der Waals surface area contributed by atoms with E-state index in [2.05, 4.69) is 15.4 Å². The van der Waals surface area contributed by atoms with Gasteiger partial charge in [0, 0.05) is 16.6 Å². The third-order valence-corrected chi connectivity index (χ3v) is 4.60. The summed E-state index contributed by atoms with van der Waals surface area (Å²) in [6.45, 7) is 0.506. The number of fused-ring (bicyclic) bond motifs is 1. The molecule has 4 aromatic rings. The number of carbonyl (C=O) groups is 1. The van der Waals surface area contributed by atoms with Crippen LogP contribution in [0.4, 0.5) is 0 Å². The van der Waals surface area contributed by atoms with Crippen LogP contribution in [0, 0.1) is 0 Å². The molecule has 0 bridgehead atoms. The minimum absolute atomic E-state index is 0.170. The monoisotopic (exact) mass is 334 g/mol. The lowest BCUT2D eigenvalue weighted by atomic mass is 10.1. The van der Waals surface area contributed by atoms with Crippen LogP contribution in [-0.4, -0.2) is 20.5 Å². The van der Waals surface area contributed by atoms with Gasteiger partial charge in [0.2, 0.25) is 0 Å². The van der Waals surface area contributed by atoms with E-state index >= 15 is 0 Å². The Morgan fingerprint density at radius 2 is 2.00 bits per heavy atom. The number of nitrogens with one attached hydrogen (secondary N) is 1. The number of aromatic nitrogens is 3. The first-order valence-corrected chi connectivity index (χ1v) is 8.39. The molecular formula is C18H14N4OS. The molecule has 1 aromatic carbocycles. The fourth-order valence-corrected chi connectivity index (χ4v) is 3.20. The zero-order chi connectivity index (χ0) is 16.4. The lowest BCUT2D eigenvalue weighted by Gasteiger charge is -2.05. The summed E-state index contributed by atoms with van der Waals surface area (Å²) in [5.41, 5.74) is 2.96. The highest BCUT2D eigenvalue weighted by atomic mass is 32.1. The van der Waals surface area contributed by atoms with Crippen LogP contribution in [-0.2, 0) is 6.54 Å². The summed E-state index contributed by atoms with van der Waals surface area (Å²) in [6.07, 6.45) is 3.27. The molecule has 0 aliphatic heterocycles. The van der Waals surface area contributed by atoms with E-state index < -0.39 is 0 Å². The third-order valence-electron chi connectivity index (χ3n) is 3.72. The quantitative estimate of drug-likeness (QED) is 0.622. The van der Waals surface area contributed by atoms with Gasteiger partial charge in [0.25, 0.3) is 5.91 Å². The van der Waals surface area contributed by atoms with E-state index in [1.807, 2.05) is 53.9 Å². The lowest BCUT2D eigenvalue weighted by Crippen LogP contribution is -2.22. The fraction of sp³-hybridized carbons (Fsp3) is 0.0556. The van der Waals surface area contributed by atoms with Crippen molar-refractivity contribution in [1.82, 2.24) is 19.9 Å². The number of thiophene rings is 1. The van der Waals surface area contributed by atoms with Crippen LogP contribution >= 0.6 is 11.3 Å². The Hall–Kier alpha value is -2.99. The molecule has 0 unspecified atom stereocenters. The van der Waals surface area contributed by atoms with Gasteiger partial charge in [0.1, 0.15) is 5.56 Å². The van der Waals surface area contributed by atoms with Crippen molar-refractivity contribution in [2.75, 3.05) is 0 Å². The van der Waals surface area contributed by atoms with Crippen molar-refractivity contribution in [3.8, 4) is 11.3 Å². The average molecular weight is 334 g/mol. The number of carbonyl (C=O) groups excluding carboxylic acids is 1. The number of rotatable bonds is 4. The first kappa shape index (κ1) is 14.6. The molecule has 0 atom stereocenters. The van der Waals surface area contributed by atoms with Crippen molar-refractivity contribution in [3.05, 3.63) is 76.7 Å². The summed E-state index contributed by atoms with van der Waals surface area (Å²) in [6, 6.07) is 15.8. The third kappa shape index (κ3) is 2.68. The maximum Gasteiger partial charge on any atom is 0.257 e. The van der Waals surface area contributed by atoms with Gasteiger partial charge in [0.15, 0.2) is 5.65 Å². The molecule has 0 aliphatic rings. The van der Waals surface area contributed by atoms with Crippen LogP contribution in [0.1, 0.15) is 15.2 Å². The molecule has 0 fully saturated rings. The molecule has 0 saturated heterocycles. The summed E-state index contributed by atoms with van der Waals surface area (Å²) in [7, 11) is 0. The number of amides is 1. The Morgan fingerprint density at radius 3 is 2.79 bits per heavy atom. The predicted octanol–water partition coefficient (Wildman–Crippen LogP) is 3.39. The van der Waals surface area contributed by atoms with Crippen molar-refractivity contribution in [2.45, 2.75) is 6.54 Å². The van der Waals surface area contributed by atoms with Crippen LogP contribution in [0.15, 0.2) is 66.3 Å². The minimum Gasteiger partial charge on any atom is -0.347 e. The van der Waals surface area contributed by atoms with E-state index in [0.29, 0.717) is 17.8 Å². The number of hydrogen-bond donors (Lipinski definition) is 1. The number of hydrogen-bond acceptors (Lipinski definition) is 4. The number of nitrogens with zero attached hydrogens (tertiary/aromatic N) is 3. The van der Waals surface area contributed by atoms with Crippen LogP contribution in [0.3, 0.4) is 0 Å². The van der Waals surface area contributed by atoms with Crippen molar-refractivity contribution >= 4 is 22.9 Å². The Balaban J connectivity index is 1.67. The normalized spacial score (nSPS) is 10.8. The van der Waals surface area contributed by atoms with Gasteiger partial charge in [-0.1, -0.05) is 36.4 Å².